The molecule has 0 aliphatic rings. The van der Waals surface area contributed by atoms with Gasteiger partial charge in [0.25, 0.3) is 0 Å². The highest BCUT2D eigenvalue weighted by Gasteiger charge is 1.99. The van der Waals surface area contributed by atoms with Gasteiger partial charge < -0.3 is 10.1 Å². The number of ether oxygens (including phenoxy) is 1. The second-order valence-electron chi connectivity index (χ2n) is 3.89. The van der Waals surface area contributed by atoms with E-state index in [1.54, 1.807) is 29.8 Å². The number of aryl methyl sites for hydroxylation is 1. The molecule has 2 heterocycles. The zero-order valence-corrected chi connectivity index (χ0v) is 11.7. The summed E-state index contributed by atoms with van der Waals surface area (Å²) in [7, 11) is 0. The molecular formula is C13H15ClN2OS. The molecule has 0 atom stereocenters. The maximum Gasteiger partial charge on any atom is 0.139 e. The third-order valence-corrected chi connectivity index (χ3v) is 3.71. The number of hydrogen-bond acceptors (Lipinski definition) is 4. The van der Waals surface area contributed by atoms with Crippen molar-refractivity contribution < 1.29 is 4.74 Å². The summed E-state index contributed by atoms with van der Waals surface area (Å²) in [6, 6.07) is 3.90. The zero-order valence-electron chi connectivity index (χ0n) is 10.1. The molecule has 0 amide bonds. The van der Waals surface area contributed by atoms with E-state index >= 15 is 0 Å². The highest BCUT2D eigenvalue weighted by Crippen LogP contribution is 2.15. The van der Waals surface area contributed by atoms with Crippen LogP contribution < -0.4 is 10.1 Å². The second-order valence-corrected chi connectivity index (χ2v) is 5.33. The van der Waals surface area contributed by atoms with E-state index in [9.17, 15) is 0 Å². The molecule has 0 aromatic carbocycles. The van der Waals surface area contributed by atoms with E-state index in [0.29, 0.717) is 17.4 Å². The summed E-state index contributed by atoms with van der Waals surface area (Å²) in [4.78, 5) is 5.33. The third kappa shape index (κ3) is 3.98. The monoisotopic (exact) mass is 282 g/mol. The maximum absolute atomic E-state index is 5.81. The van der Waals surface area contributed by atoms with E-state index in [1.165, 1.54) is 10.4 Å². The molecule has 0 radical (unpaired) electrons. The molecule has 0 aliphatic heterocycles. The van der Waals surface area contributed by atoms with Gasteiger partial charge in [0.15, 0.2) is 0 Å². The molecule has 0 aliphatic carbocycles. The SMILES string of the molecule is Cc1ccsc1CNCCOc1cncc(Cl)c1. The third-order valence-electron chi connectivity index (χ3n) is 2.48. The van der Waals surface area contributed by atoms with Crippen LogP contribution in [0, 0.1) is 6.92 Å². The molecule has 1 N–H and O–H groups in total. The van der Waals surface area contributed by atoms with Crippen LogP contribution in [-0.2, 0) is 6.54 Å². The summed E-state index contributed by atoms with van der Waals surface area (Å²) in [5.74, 6) is 0.705. The summed E-state index contributed by atoms with van der Waals surface area (Å²) in [5.41, 5.74) is 1.34. The lowest BCUT2D eigenvalue weighted by atomic mass is 10.3. The van der Waals surface area contributed by atoms with Gasteiger partial charge in [-0.15, -0.1) is 11.3 Å². The van der Waals surface area contributed by atoms with Gasteiger partial charge in [-0.05, 0) is 23.9 Å². The number of rotatable bonds is 6. The Kier molecular flexibility index (Phi) is 4.99. The number of nitrogens with one attached hydrogen (secondary N) is 1. The molecule has 0 fully saturated rings. The Balaban J connectivity index is 1.66. The normalized spacial score (nSPS) is 10.6. The number of hydrogen-bond donors (Lipinski definition) is 1. The summed E-state index contributed by atoms with van der Waals surface area (Å²) >= 11 is 7.59. The van der Waals surface area contributed by atoms with E-state index in [-0.39, 0.29) is 0 Å². The van der Waals surface area contributed by atoms with Crippen LogP contribution in [0.15, 0.2) is 29.9 Å². The average Bonchev–Trinajstić information content (AvgIpc) is 2.75. The Morgan fingerprint density at radius 2 is 2.33 bits per heavy atom. The minimum absolute atomic E-state index is 0.592. The molecule has 0 spiro atoms. The van der Waals surface area contributed by atoms with Gasteiger partial charge in [-0.1, -0.05) is 11.6 Å². The number of aromatic nitrogens is 1. The molecular weight excluding hydrogens is 268 g/mol. The molecule has 0 unspecified atom stereocenters. The summed E-state index contributed by atoms with van der Waals surface area (Å²) in [6.45, 7) is 4.42. The lowest BCUT2D eigenvalue weighted by Gasteiger charge is -2.07. The van der Waals surface area contributed by atoms with E-state index in [0.717, 1.165) is 13.1 Å². The quantitative estimate of drug-likeness (QED) is 0.826. The molecule has 2 aromatic heterocycles. The van der Waals surface area contributed by atoms with Crippen molar-refractivity contribution in [1.82, 2.24) is 10.3 Å². The molecule has 18 heavy (non-hydrogen) atoms. The van der Waals surface area contributed by atoms with Crippen molar-refractivity contribution >= 4 is 22.9 Å². The van der Waals surface area contributed by atoms with Crippen molar-refractivity contribution in [3.8, 4) is 5.75 Å². The van der Waals surface area contributed by atoms with E-state index in [1.807, 2.05) is 0 Å². The van der Waals surface area contributed by atoms with Crippen LogP contribution >= 0.6 is 22.9 Å². The number of thiophene rings is 1. The van der Waals surface area contributed by atoms with Gasteiger partial charge in [0.1, 0.15) is 12.4 Å². The second kappa shape index (κ2) is 6.73. The predicted octanol–water partition coefficient (Wildman–Crippen LogP) is 3.27. The van der Waals surface area contributed by atoms with Crippen molar-refractivity contribution in [2.75, 3.05) is 13.2 Å². The van der Waals surface area contributed by atoms with Crippen molar-refractivity contribution in [1.29, 1.82) is 0 Å². The molecule has 2 rings (SSSR count). The van der Waals surface area contributed by atoms with Crippen LogP contribution in [0.25, 0.3) is 0 Å². The van der Waals surface area contributed by atoms with E-state index in [2.05, 4.69) is 28.7 Å². The Labute approximate surface area is 116 Å². The fourth-order valence-corrected chi connectivity index (χ4v) is 2.54. The number of pyridine rings is 1. The van der Waals surface area contributed by atoms with Crippen molar-refractivity contribution in [2.45, 2.75) is 13.5 Å². The summed E-state index contributed by atoms with van der Waals surface area (Å²) < 4.78 is 5.53. The Bertz CT molecular complexity index is 501. The van der Waals surface area contributed by atoms with Crippen LogP contribution in [0.5, 0.6) is 5.75 Å². The van der Waals surface area contributed by atoms with Gasteiger partial charge >= 0.3 is 0 Å². The predicted molar refractivity (Wildman–Crippen MR) is 75.5 cm³/mol. The minimum Gasteiger partial charge on any atom is -0.491 e. The van der Waals surface area contributed by atoms with Crippen molar-refractivity contribution in [2.24, 2.45) is 0 Å². The van der Waals surface area contributed by atoms with Crippen LogP contribution in [-0.4, -0.2) is 18.1 Å². The largest absolute Gasteiger partial charge is 0.491 e. The van der Waals surface area contributed by atoms with Crippen LogP contribution in [0.4, 0.5) is 0 Å². The highest BCUT2D eigenvalue weighted by molar-refractivity contribution is 7.10. The minimum atomic E-state index is 0.592. The summed E-state index contributed by atoms with van der Waals surface area (Å²) in [5, 5.41) is 6.05. The van der Waals surface area contributed by atoms with Gasteiger partial charge in [0.2, 0.25) is 0 Å². The van der Waals surface area contributed by atoms with E-state index in [4.69, 9.17) is 16.3 Å². The Morgan fingerprint density at radius 1 is 1.44 bits per heavy atom. The standard InChI is InChI=1S/C13H15ClN2OS/c1-10-2-5-18-13(10)9-15-3-4-17-12-6-11(14)7-16-8-12/h2,5-8,15H,3-4,9H2,1H3. The average molecular weight is 283 g/mol. The molecule has 3 nitrogen and oxygen atoms in total. The molecule has 2 aromatic rings. The van der Waals surface area contributed by atoms with Crippen LogP contribution in [0.3, 0.4) is 0 Å². The molecule has 96 valence electrons. The number of halogens is 1. The molecule has 0 bridgehead atoms. The van der Waals surface area contributed by atoms with Crippen LogP contribution in [0.1, 0.15) is 10.4 Å². The summed E-state index contributed by atoms with van der Waals surface area (Å²) in [6.07, 6.45) is 3.25. The van der Waals surface area contributed by atoms with Crippen molar-refractivity contribution in [3.05, 3.63) is 45.4 Å². The smallest absolute Gasteiger partial charge is 0.139 e. The highest BCUT2D eigenvalue weighted by atomic mass is 35.5. The lowest BCUT2D eigenvalue weighted by Crippen LogP contribution is -2.20. The molecule has 0 saturated heterocycles. The Hall–Kier alpha value is -1.10. The van der Waals surface area contributed by atoms with Gasteiger partial charge in [0, 0.05) is 30.2 Å². The van der Waals surface area contributed by atoms with E-state index < -0.39 is 0 Å². The first-order valence-electron chi connectivity index (χ1n) is 5.73. The van der Waals surface area contributed by atoms with Gasteiger partial charge in [0.05, 0.1) is 11.2 Å². The van der Waals surface area contributed by atoms with Gasteiger partial charge in [-0.3, -0.25) is 4.98 Å². The molecule has 0 saturated carbocycles. The van der Waals surface area contributed by atoms with Gasteiger partial charge in [-0.2, -0.15) is 0 Å². The Morgan fingerprint density at radius 3 is 3.06 bits per heavy atom. The van der Waals surface area contributed by atoms with Crippen molar-refractivity contribution in [3.63, 3.8) is 0 Å². The zero-order chi connectivity index (χ0) is 12.8. The molecule has 5 heteroatoms. The van der Waals surface area contributed by atoms with Crippen LogP contribution in [0.2, 0.25) is 5.02 Å². The number of nitrogens with zero attached hydrogens (tertiary/aromatic N) is 1. The first kappa shape index (κ1) is 13.3. The first-order valence-corrected chi connectivity index (χ1v) is 6.98. The lowest BCUT2D eigenvalue weighted by molar-refractivity contribution is 0.312. The maximum atomic E-state index is 5.81. The first-order chi connectivity index (χ1) is 8.75. The fourth-order valence-electron chi connectivity index (χ4n) is 1.50. The topological polar surface area (TPSA) is 34.1 Å². The fraction of sp³-hybridized carbons (Fsp3) is 0.308. The van der Waals surface area contributed by atoms with Gasteiger partial charge in [-0.25, -0.2) is 0 Å².